The van der Waals surface area contributed by atoms with Crippen molar-refractivity contribution in [3.8, 4) is 0 Å². The standard InChI is InChI=1S/C13H24N2O/c1-10-5-3-6-11(9-10)15-8-4-7-12(14-2)13(15)16/h10-12,14H,3-9H2,1-2H3. The zero-order valence-electron chi connectivity index (χ0n) is 10.5. The molecule has 3 heteroatoms. The summed E-state index contributed by atoms with van der Waals surface area (Å²) in [5, 5.41) is 3.14. The normalized spacial score (nSPS) is 36.5. The summed E-state index contributed by atoms with van der Waals surface area (Å²) in [6.45, 7) is 3.30. The van der Waals surface area contributed by atoms with Crippen LogP contribution in [0.4, 0.5) is 0 Å². The Bertz CT molecular complexity index is 254. The highest BCUT2D eigenvalue weighted by Gasteiger charge is 2.33. The average Bonchev–Trinajstić information content (AvgIpc) is 2.29. The first-order valence-electron chi connectivity index (χ1n) is 6.70. The highest BCUT2D eigenvalue weighted by atomic mass is 16.2. The molecular formula is C13H24N2O. The smallest absolute Gasteiger partial charge is 0.239 e. The topological polar surface area (TPSA) is 32.3 Å². The van der Waals surface area contributed by atoms with Crippen molar-refractivity contribution < 1.29 is 4.79 Å². The molecule has 2 rings (SSSR count). The SMILES string of the molecule is CNC1CCCN(C2CCCC(C)C2)C1=O. The molecule has 3 nitrogen and oxygen atoms in total. The third-order valence-corrected chi connectivity index (χ3v) is 4.17. The molecule has 1 N–H and O–H groups in total. The fraction of sp³-hybridized carbons (Fsp3) is 0.923. The van der Waals surface area contributed by atoms with Gasteiger partial charge in [-0.1, -0.05) is 19.8 Å². The van der Waals surface area contributed by atoms with Crippen molar-refractivity contribution >= 4 is 5.91 Å². The van der Waals surface area contributed by atoms with E-state index in [2.05, 4.69) is 17.1 Å². The van der Waals surface area contributed by atoms with Crippen molar-refractivity contribution in [3.63, 3.8) is 0 Å². The Morgan fingerprint density at radius 3 is 2.75 bits per heavy atom. The molecule has 3 atom stereocenters. The Morgan fingerprint density at radius 1 is 1.25 bits per heavy atom. The number of likely N-dealkylation sites (N-methyl/N-ethyl adjacent to an activating group) is 1. The summed E-state index contributed by atoms with van der Waals surface area (Å²) in [4.78, 5) is 14.4. The van der Waals surface area contributed by atoms with E-state index in [0.717, 1.165) is 25.3 Å². The Kier molecular flexibility index (Phi) is 3.85. The van der Waals surface area contributed by atoms with E-state index >= 15 is 0 Å². The second kappa shape index (κ2) is 5.17. The molecule has 0 aromatic carbocycles. The van der Waals surface area contributed by atoms with Gasteiger partial charge in [0.05, 0.1) is 6.04 Å². The summed E-state index contributed by atoms with van der Waals surface area (Å²) >= 11 is 0. The first-order valence-corrected chi connectivity index (χ1v) is 6.70. The monoisotopic (exact) mass is 224 g/mol. The molecule has 3 unspecified atom stereocenters. The fourth-order valence-corrected chi connectivity index (χ4v) is 3.22. The number of carbonyl (C=O) groups is 1. The number of nitrogens with zero attached hydrogens (tertiary/aromatic N) is 1. The zero-order chi connectivity index (χ0) is 11.5. The second-order valence-electron chi connectivity index (χ2n) is 5.44. The van der Waals surface area contributed by atoms with Crippen LogP contribution in [-0.4, -0.2) is 36.5 Å². The number of piperidine rings is 1. The van der Waals surface area contributed by atoms with Crippen LogP contribution in [0.1, 0.15) is 45.4 Å². The van der Waals surface area contributed by atoms with Gasteiger partial charge in [0, 0.05) is 12.6 Å². The molecule has 1 heterocycles. The maximum Gasteiger partial charge on any atom is 0.239 e. The number of hydrogen-bond acceptors (Lipinski definition) is 2. The minimum absolute atomic E-state index is 0.0750. The molecule has 1 aliphatic heterocycles. The Hall–Kier alpha value is -0.570. The van der Waals surface area contributed by atoms with Crippen molar-refractivity contribution in [2.45, 2.75) is 57.5 Å². The number of hydrogen-bond donors (Lipinski definition) is 1. The molecule has 1 saturated heterocycles. The lowest BCUT2D eigenvalue weighted by atomic mass is 9.85. The zero-order valence-corrected chi connectivity index (χ0v) is 10.5. The molecule has 1 amide bonds. The Morgan fingerprint density at radius 2 is 2.06 bits per heavy atom. The summed E-state index contributed by atoms with van der Waals surface area (Å²) in [5.41, 5.74) is 0. The second-order valence-corrected chi connectivity index (χ2v) is 5.44. The fourth-order valence-electron chi connectivity index (χ4n) is 3.22. The van der Waals surface area contributed by atoms with Crippen molar-refractivity contribution in [1.29, 1.82) is 0 Å². The number of carbonyl (C=O) groups excluding carboxylic acids is 1. The number of nitrogens with one attached hydrogen (secondary N) is 1. The largest absolute Gasteiger partial charge is 0.338 e. The molecule has 0 bridgehead atoms. The molecule has 0 radical (unpaired) electrons. The first kappa shape index (κ1) is 11.9. The minimum Gasteiger partial charge on any atom is -0.338 e. The molecule has 92 valence electrons. The molecule has 16 heavy (non-hydrogen) atoms. The first-order chi connectivity index (χ1) is 7.72. The summed E-state index contributed by atoms with van der Waals surface area (Å²) in [5.74, 6) is 1.13. The summed E-state index contributed by atoms with van der Waals surface area (Å²) in [6, 6.07) is 0.596. The number of amides is 1. The van der Waals surface area contributed by atoms with E-state index in [1.165, 1.54) is 25.7 Å². The van der Waals surface area contributed by atoms with Gasteiger partial charge in [-0.15, -0.1) is 0 Å². The minimum atomic E-state index is 0.0750. The Balaban J connectivity index is 1.99. The van der Waals surface area contributed by atoms with E-state index in [1.807, 2.05) is 7.05 Å². The lowest BCUT2D eigenvalue weighted by Gasteiger charge is -2.41. The van der Waals surface area contributed by atoms with Gasteiger partial charge >= 0.3 is 0 Å². The van der Waals surface area contributed by atoms with Crippen LogP contribution in [-0.2, 0) is 4.79 Å². The molecule has 1 aliphatic carbocycles. The van der Waals surface area contributed by atoms with E-state index in [-0.39, 0.29) is 6.04 Å². The van der Waals surface area contributed by atoms with Gasteiger partial charge in [-0.25, -0.2) is 0 Å². The van der Waals surface area contributed by atoms with E-state index in [9.17, 15) is 4.79 Å². The molecule has 0 aromatic rings. The highest BCUT2D eigenvalue weighted by molar-refractivity contribution is 5.82. The van der Waals surface area contributed by atoms with Crippen LogP contribution in [0.5, 0.6) is 0 Å². The van der Waals surface area contributed by atoms with Crippen LogP contribution in [0.25, 0.3) is 0 Å². The summed E-state index contributed by atoms with van der Waals surface area (Å²) < 4.78 is 0. The van der Waals surface area contributed by atoms with Crippen LogP contribution in [0, 0.1) is 5.92 Å². The highest BCUT2D eigenvalue weighted by Crippen LogP contribution is 2.29. The van der Waals surface area contributed by atoms with Gasteiger partial charge in [0.1, 0.15) is 0 Å². The van der Waals surface area contributed by atoms with Gasteiger partial charge < -0.3 is 10.2 Å². The maximum atomic E-state index is 12.2. The van der Waals surface area contributed by atoms with Gasteiger partial charge in [0.2, 0.25) is 5.91 Å². The lowest BCUT2D eigenvalue weighted by molar-refractivity contribution is -0.139. The van der Waals surface area contributed by atoms with Crippen LogP contribution in [0.15, 0.2) is 0 Å². The van der Waals surface area contributed by atoms with Gasteiger partial charge in [-0.3, -0.25) is 4.79 Å². The van der Waals surface area contributed by atoms with Gasteiger partial charge in [-0.2, -0.15) is 0 Å². The van der Waals surface area contributed by atoms with Crippen molar-refractivity contribution in [2.24, 2.45) is 5.92 Å². The van der Waals surface area contributed by atoms with Crippen LogP contribution in [0.3, 0.4) is 0 Å². The van der Waals surface area contributed by atoms with E-state index < -0.39 is 0 Å². The van der Waals surface area contributed by atoms with Crippen LogP contribution >= 0.6 is 0 Å². The van der Waals surface area contributed by atoms with E-state index in [0.29, 0.717) is 11.9 Å². The molecular weight excluding hydrogens is 200 g/mol. The maximum absolute atomic E-state index is 12.2. The van der Waals surface area contributed by atoms with Gasteiger partial charge in [0.15, 0.2) is 0 Å². The molecule has 2 fully saturated rings. The summed E-state index contributed by atoms with van der Waals surface area (Å²) in [7, 11) is 1.90. The van der Waals surface area contributed by atoms with Gasteiger partial charge in [-0.05, 0) is 38.6 Å². The number of likely N-dealkylation sites (tertiary alicyclic amines) is 1. The lowest BCUT2D eigenvalue weighted by Crippen LogP contribution is -2.54. The van der Waals surface area contributed by atoms with Crippen molar-refractivity contribution in [3.05, 3.63) is 0 Å². The van der Waals surface area contributed by atoms with Crippen molar-refractivity contribution in [2.75, 3.05) is 13.6 Å². The average molecular weight is 224 g/mol. The predicted octanol–water partition coefficient (Wildman–Crippen LogP) is 1.78. The molecule has 2 aliphatic rings. The molecule has 0 spiro atoms. The van der Waals surface area contributed by atoms with E-state index in [1.54, 1.807) is 0 Å². The Labute approximate surface area is 98.6 Å². The van der Waals surface area contributed by atoms with Crippen molar-refractivity contribution in [1.82, 2.24) is 10.2 Å². The third kappa shape index (κ3) is 2.40. The predicted molar refractivity (Wildman–Crippen MR) is 65.2 cm³/mol. The molecule has 1 saturated carbocycles. The third-order valence-electron chi connectivity index (χ3n) is 4.17. The molecule has 0 aromatic heterocycles. The van der Waals surface area contributed by atoms with Gasteiger partial charge in [0.25, 0.3) is 0 Å². The quantitative estimate of drug-likeness (QED) is 0.775. The van der Waals surface area contributed by atoms with Crippen LogP contribution < -0.4 is 5.32 Å². The number of rotatable bonds is 2. The summed E-state index contributed by atoms with van der Waals surface area (Å²) in [6.07, 6.45) is 7.22. The van der Waals surface area contributed by atoms with E-state index in [4.69, 9.17) is 0 Å². The van der Waals surface area contributed by atoms with Crippen LogP contribution in [0.2, 0.25) is 0 Å².